The maximum atomic E-state index is 12.9. The smallest absolute Gasteiger partial charge is 0.293 e. The summed E-state index contributed by atoms with van der Waals surface area (Å²) in [5.74, 6) is 0.324. The average Bonchev–Trinajstić information content (AvgIpc) is 3.02. The predicted octanol–water partition coefficient (Wildman–Crippen LogP) is 6.92. The number of carbonyl (C=O) groups is 2. The highest BCUT2D eigenvalue weighted by molar-refractivity contribution is 9.10. The highest BCUT2D eigenvalue weighted by Crippen LogP contribution is 2.35. The van der Waals surface area contributed by atoms with E-state index < -0.39 is 0 Å². The van der Waals surface area contributed by atoms with Crippen LogP contribution in [-0.4, -0.2) is 16.0 Å². The summed E-state index contributed by atoms with van der Waals surface area (Å²) in [7, 11) is 0. The molecule has 0 spiro atoms. The van der Waals surface area contributed by atoms with Crippen LogP contribution in [0.2, 0.25) is 5.02 Å². The van der Waals surface area contributed by atoms with E-state index in [0.29, 0.717) is 22.3 Å². The van der Waals surface area contributed by atoms with Crippen molar-refractivity contribution in [3.8, 4) is 5.75 Å². The fourth-order valence-electron chi connectivity index (χ4n) is 3.07. The molecule has 1 heterocycles. The number of hydrogen-bond donors (Lipinski definition) is 0. The van der Waals surface area contributed by atoms with Gasteiger partial charge in [0.15, 0.2) is 0 Å². The number of benzene rings is 3. The van der Waals surface area contributed by atoms with E-state index in [2.05, 4.69) is 15.9 Å². The molecule has 0 aromatic heterocycles. The van der Waals surface area contributed by atoms with Crippen LogP contribution in [-0.2, 0) is 17.9 Å². The Kier molecular flexibility index (Phi) is 6.80. The van der Waals surface area contributed by atoms with Gasteiger partial charge in [-0.2, -0.15) is 0 Å². The molecule has 1 aliphatic rings. The number of halogens is 2. The Labute approximate surface area is 198 Å². The van der Waals surface area contributed by atoms with E-state index >= 15 is 0 Å². The van der Waals surface area contributed by atoms with E-state index in [1.165, 1.54) is 4.90 Å². The van der Waals surface area contributed by atoms with E-state index in [1.54, 1.807) is 24.3 Å². The SMILES string of the molecule is O=C1S/C(=C\c2ccccc2OCc2ccc(Br)cc2)C(=O)N1Cc1cccc(Cl)c1. The lowest BCUT2D eigenvalue weighted by molar-refractivity contribution is -0.123. The summed E-state index contributed by atoms with van der Waals surface area (Å²) >= 11 is 10.4. The second kappa shape index (κ2) is 9.73. The third-order valence-electron chi connectivity index (χ3n) is 4.62. The van der Waals surface area contributed by atoms with Crippen LogP contribution >= 0.6 is 39.3 Å². The van der Waals surface area contributed by atoms with Gasteiger partial charge in [0.2, 0.25) is 0 Å². The first-order valence-electron chi connectivity index (χ1n) is 9.46. The van der Waals surface area contributed by atoms with E-state index in [1.807, 2.05) is 54.6 Å². The van der Waals surface area contributed by atoms with Crippen molar-refractivity contribution in [1.82, 2.24) is 4.90 Å². The molecule has 0 unspecified atom stereocenters. The van der Waals surface area contributed by atoms with Gasteiger partial charge in [0, 0.05) is 15.1 Å². The van der Waals surface area contributed by atoms with E-state index in [9.17, 15) is 9.59 Å². The Hall–Kier alpha value is -2.54. The first-order valence-corrected chi connectivity index (χ1v) is 11.4. The number of thioether (sulfide) groups is 1. The summed E-state index contributed by atoms with van der Waals surface area (Å²) in [4.78, 5) is 26.9. The van der Waals surface area contributed by atoms with Crippen molar-refractivity contribution in [2.45, 2.75) is 13.2 Å². The molecule has 4 nitrogen and oxygen atoms in total. The van der Waals surface area contributed by atoms with Gasteiger partial charge in [0.1, 0.15) is 12.4 Å². The molecular weight excluding hydrogens is 498 g/mol. The fourth-order valence-corrected chi connectivity index (χ4v) is 4.37. The number of para-hydroxylation sites is 1. The van der Waals surface area contributed by atoms with Crippen LogP contribution in [0.1, 0.15) is 16.7 Å². The first kappa shape index (κ1) is 21.7. The van der Waals surface area contributed by atoms with Crippen molar-refractivity contribution in [2.75, 3.05) is 0 Å². The quantitative estimate of drug-likeness (QED) is 0.335. The molecule has 0 aliphatic carbocycles. The molecule has 3 aromatic rings. The maximum Gasteiger partial charge on any atom is 0.293 e. The summed E-state index contributed by atoms with van der Waals surface area (Å²) in [5.41, 5.74) is 2.57. The summed E-state index contributed by atoms with van der Waals surface area (Å²) < 4.78 is 6.98. The molecule has 7 heteroatoms. The Balaban J connectivity index is 1.51. The lowest BCUT2D eigenvalue weighted by Gasteiger charge is -2.12. The molecule has 156 valence electrons. The molecule has 2 amide bonds. The number of rotatable bonds is 6. The summed E-state index contributed by atoms with van der Waals surface area (Å²) in [6.45, 7) is 0.582. The van der Waals surface area contributed by atoms with Crippen LogP contribution in [0.4, 0.5) is 4.79 Å². The number of hydrogen-bond acceptors (Lipinski definition) is 4. The predicted molar refractivity (Wildman–Crippen MR) is 128 cm³/mol. The lowest BCUT2D eigenvalue weighted by atomic mass is 10.1. The van der Waals surface area contributed by atoms with E-state index in [0.717, 1.165) is 32.9 Å². The second-order valence-corrected chi connectivity index (χ2v) is 9.20. The van der Waals surface area contributed by atoms with Crippen molar-refractivity contribution in [1.29, 1.82) is 0 Å². The number of carbonyl (C=O) groups excluding carboxylic acids is 2. The minimum atomic E-state index is -0.322. The molecule has 31 heavy (non-hydrogen) atoms. The van der Waals surface area contributed by atoms with Gasteiger partial charge in [-0.3, -0.25) is 14.5 Å². The number of amides is 2. The maximum absolute atomic E-state index is 12.9. The Morgan fingerprint density at radius 3 is 2.52 bits per heavy atom. The van der Waals surface area contributed by atoms with Crippen LogP contribution in [0.5, 0.6) is 5.75 Å². The van der Waals surface area contributed by atoms with Gasteiger partial charge in [-0.1, -0.05) is 70.0 Å². The van der Waals surface area contributed by atoms with Gasteiger partial charge in [0.05, 0.1) is 11.4 Å². The summed E-state index contributed by atoms with van der Waals surface area (Å²) in [6, 6.07) is 22.5. The standard InChI is InChI=1S/C24H17BrClNO3S/c25-19-10-8-16(9-11-19)15-30-21-7-2-1-5-18(21)13-22-23(28)27(24(29)31-22)14-17-4-3-6-20(26)12-17/h1-13H,14-15H2/b22-13-. The monoisotopic (exact) mass is 513 g/mol. The molecule has 0 atom stereocenters. The van der Waals surface area contributed by atoms with Crippen molar-refractivity contribution in [3.05, 3.63) is 104 Å². The number of imide groups is 1. The molecule has 0 N–H and O–H groups in total. The average molecular weight is 515 g/mol. The third kappa shape index (κ3) is 5.39. The molecular formula is C24H17BrClNO3S. The zero-order chi connectivity index (χ0) is 21.8. The largest absolute Gasteiger partial charge is 0.488 e. The summed E-state index contributed by atoms with van der Waals surface area (Å²) in [5, 5.41) is 0.265. The van der Waals surface area contributed by atoms with Crippen molar-refractivity contribution < 1.29 is 14.3 Å². The third-order valence-corrected chi connectivity index (χ3v) is 6.29. The highest BCUT2D eigenvalue weighted by atomic mass is 79.9. The van der Waals surface area contributed by atoms with Crippen molar-refractivity contribution >= 4 is 56.5 Å². The van der Waals surface area contributed by atoms with Gasteiger partial charge in [-0.05, 0) is 59.3 Å². The van der Waals surface area contributed by atoms with Gasteiger partial charge in [-0.15, -0.1) is 0 Å². The molecule has 4 rings (SSSR count). The highest BCUT2D eigenvalue weighted by Gasteiger charge is 2.35. The van der Waals surface area contributed by atoms with Crippen LogP contribution in [0, 0.1) is 0 Å². The van der Waals surface area contributed by atoms with Crippen LogP contribution in [0.15, 0.2) is 82.2 Å². The molecule has 1 saturated heterocycles. The molecule has 0 radical (unpaired) electrons. The minimum Gasteiger partial charge on any atom is -0.488 e. The van der Waals surface area contributed by atoms with Crippen molar-refractivity contribution in [3.63, 3.8) is 0 Å². The summed E-state index contributed by atoms with van der Waals surface area (Å²) in [6.07, 6.45) is 1.71. The Morgan fingerprint density at radius 2 is 1.74 bits per heavy atom. The second-order valence-electron chi connectivity index (χ2n) is 6.85. The Morgan fingerprint density at radius 1 is 0.968 bits per heavy atom. The molecule has 0 saturated carbocycles. The zero-order valence-electron chi connectivity index (χ0n) is 16.3. The molecule has 0 bridgehead atoms. The minimum absolute atomic E-state index is 0.185. The fraction of sp³-hybridized carbons (Fsp3) is 0.0833. The Bertz CT molecular complexity index is 1160. The molecule has 1 fully saturated rings. The van der Waals surface area contributed by atoms with Gasteiger partial charge in [0.25, 0.3) is 11.1 Å². The van der Waals surface area contributed by atoms with Gasteiger partial charge in [-0.25, -0.2) is 0 Å². The van der Waals surface area contributed by atoms with E-state index in [4.69, 9.17) is 16.3 Å². The lowest BCUT2D eigenvalue weighted by Crippen LogP contribution is -2.27. The first-order chi connectivity index (χ1) is 15.0. The van der Waals surface area contributed by atoms with Crippen LogP contribution in [0.3, 0.4) is 0 Å². The molecule has 3 aromatic carbocycles. The van der Waals surface area contributed by atoms with Gasteiger partial charge >= 0.3 is 0 Å². The number of ether oxygens (including phenoxy) is 1. The van der Waals surface area contributed by atoms with Crippen molar-refractivity contribution in [2.24, 2.45) is 0 Å². The van der Waals surface area contributed by atoms with Crippen LogP contribution < -0.4 is 4.74 Å². The zero-order valence-corrected chi connectivity index (χ0v) is 19.4. The topological polar surface area (TPSA) is 46.6 Å². The molecule has 1 aliphatic heterocycles. The van der Waals surface area contributed by atoms with E-state index in [-0.39, 0.29) is 17.7 Å². The van der Waals surface area contributed by atoms with Crippen LogP contribution in [0.25, 0.3) is 6.08 Å². The normalized spacial score (nSPS) is 15.0. The van der Waals surface area contributed by atoms with Gasteiger partial charge < -0.3 is 4.74 Å². The number of nitrogens with zero attached hydrogens (tertiary/aromatic N) is 1.